The van der Waals surface area contributed by atoms with Gasteiger partial charge in [0.25, 0.3) is 0 Å². The topological polar surface area (TPSA) is 263 Å². The van der Waals surface area contributed by atoms with Gasteiger partial charge in [-0.05, 0) is 143 Å². The van der Waals surface area contributed by atoms with Gasteiger partial charge in [-0.2, -0.15) is 0 Å². The van der Waals surface area contributed by atoms with Crippen LogP contribution in [0.1, 0.15) is 137 Å². The Labute approximate surface area is 534 Å². The molecular formula is C72H95N7O12. The molecular weight excluding hydrogens is 1150 g/mol. The summed E-state index contributed by atoms with van der Waals surface area (Å²) in [4.78, 5) is 82.2. The van der Waals surface area contributed by atoms with Crippen LogP contribution in [0.25, 0.3) is 32.9 Å². The smallest absolute Gasteiger partial charge is 0.245 e. The molecule has 7 atom stereocenters. The van der Waals surface area contributed by atoms with Gasteiger partial charge in [0.15, 0.2) is 0 Å². The van der Waals surface area contributed by atoms with Crippen molar-refractivity contribution in [2.24, 2.45) is 35.3 Å². The highest BCUT2D eigenvalue weighted by Crippen LogP contribution is 2.34. The average Bonchev–Trinajstić information content (AvgIpc) is 1.86. The number of fused-ring (bicyclic) bond motifs is 3. The number of nitrogens with two attached hydrogens (primary N) is 1. The van der Waals surface area contributed by atoms with Gasteiger partial charge in [0.1, 0.15) is 58.7 Å². The molecule has 7 N–H and O–H groups in total. The largest absolute Gasteiger partial charge is 0.508 e. The van der Waals surface area contributed by atoms with Gasteiger partial charge in [-0.25, -0.2) is 0 Å². The molecule has 7 aromatic rings. The number of amides is 6. The summed E-state index contributed by atoms with van der Waals surface area (Å²) < 4.78 is 23.0. The van der Waals surface area contributed by atoms with Gasteiger partial charge in [-0.1, -0.05) is 99.6 Å². The Balaban J connectivity index is 0.000000178. The fourth-order valence-electron chi connectivity index (χ4n) is 12.3. The monoisotopic (exact) mass is 1250 g/mol. The van der Waals surface area contributed by atoms with Crippen molar-refractivity contribution in [2.45, 2.75) is 183 Å². The van der Waals surface area contributed by atoms with E-state index in [0.29, 0.717) is 51.1 Å². The number of carbonyl (C=O) groups is 6. The number of phenolic OH excluding ortho intramolecular Hbond substituents is 2. The summed E-state index contributed by atoms with van der Waals surface area (Å²) in [5.74, 6) is 0.285. The Morgan fingerprint density at radius 1 is 0.495 bits per heavy atom. The van der Waals surface area contributed by atoms with Gasteiger partial charge >= 0.3 is 0 Å². The van der Waals surface area contributed by atoms with E-state index in [1.165, 1.54) is 0 Å². The van der Waals surface area contributed by atoms with E-state index in [1.807, 2.05) is 132 Å². The van der Waals surface area contributed by atoms with Gasteiger partial charge in [-0.3, -0.25) is 28.8 Å². The maximum atomic E-state index is 13.5. The molecule has 3 saturated heterocycles. The second-order valence-electron chi connectivity index (χ2n) is 26.5. The summed E-state index contributed by atoms with van der Waals surface area (Å²) in [6.45, 7) is 23.3. The lowest BCUT2D eigenvalue weighted by atomic mass is 9.99. The van der Waals surface area contributed by atoms with Crippen molar-refractivity contribution >= 4 is 68.4 Å². The third-order valence-electron chi connectivity index (χ3n) is 17.6. The van der Waals surface area contributed by atoms with E-state index >= 15 is 0 Å². The Morgan fingerprint density at radius 3 is 1.20 bits per heavy atom. The van der Waals surface area contributed by atoms with Crippen molar-refractivity contribution in [3.05, 3.63) is 126 Å². The highest BCUT2D eigenvalue weighted by atomic mass is 16.5. The second kappa shape index (κ2) is 31.1. The van der Waals surface area contributed by atoms with Crippen molar-refractivity contribution in [3.8, 4) is 17.2 Å². The van der Waals surface area contributed by atoms with Crippen LogP contribution in [0, 0.1) is 29.6 Å². The lowest BCUT2D eigenvalue weighted by molar-refractivity contribution is -0.139. The molecule has 3 aliphatic heterocycles. The summed E-state index contributed by atoms with van der Waals surface area (Å²) in [5.41, 5.74) is 12.1. The normalized spacial score (nSPS) is 17.9. The number of hydrogen-bond acceptors (Lipinski definition) is 13. The quantitative estimate of drug-likeness (QED) is 0.0391. The van der Waals surface area contributed by atoms with Crippen LogP contribution < -0.4 is 26.4 Å². The van der Waals surface area contributed by atoms with Crippen molar-refractivity contribution in [1.82, 2.24) is 30.7 Å². The van der Waals surface area contributed by atoms with Gasteiger partial charge in [0.05, 0.1) is 24.8 Å². The zero-order chi connectivity index (χ0) is 65.8. The number of rotatable bonds is 21. The predicted octanol–water partition coefficient (Wildman–Crippen LogP) is 11.0. The van der Waals surface area contributed by atoms with E-state index in [2.05, 4.69) is 16.0 Å². The molecule has 6 amide bonds. The number of nitrogens with one attached hydrogen (secondary N) is 3. The summed E-state index contributed by atoms with van der Waals surface area (Å²) >= 11 is 0. The van der Waals surface area contributed by atoms with Crippen molar-refractivity contribution in [1.29, 1.82) is 0 Å². The highest BCUT2D eigenvalue weighted by Gasteiger charge is 2.39. The van der Waals surface area contributed by atoms with Crippen molar-refractivity contribution in [2.75, 3.05) is 19.6 Å². The number of ether oxygens (including phenoxy) is 1. The van der Waals surface area contributed by atoms with Crippen LogP contribution in [-0.4, -0.2) is 122 Å². The van der Waals surface area contributed by atoms with Crippen molar-refractivity contribution in [3.63, 3.8) is 0 Å². The number of hydrogen-bond donors (Lipinski definition) is 6. The number of nitrogens with zero attached hydrogens (tertiary/aromatic N) is 3. The molecule has 91 heavy (non-hydrogen) atoms. The maximum absolute atomic E-state index is 13.5. The molecule has 0 saturated carbocycles. The third kappa shape index (κ3) is 17.4. The summed E-state index contributed by atoms with van der Waals surface area (Å²) in [6, 6.07) is 24.0. The number of aromatic hydroxyl groups is 2. The van der Waals surface area contributed by atoms with Gasteiger partial charge in [0.2, 0.25) is 35.4 Å². The molecule has 0 aliphatic carbocycles. The summed E-state index contributed by atoms with van der Waals surface area (Å²) in [7, 11) is 0. The van der Waals surface area contributed by atoms with E-state index in [9.17, 15) is 39.0 Å². The summed E-state index contributed by atoms with van der Waals surface area (Å²) in [5, 5.41) is 31.0. The molecule has 3 aromatic heterocycles. The fraction of sp³-hybridized carbons (Fsp3) is 0.500. The van der Waals surface area contributed by atoms with Crippen molar-refractivity contribution < 1.29 is 57.0 Å². The molecule has 19 nitrogen and oxygen atoms in total. The van der Waals surface area contributed by atoms with Gasteiger partial charge in [-0.15, -0.1) is 0 Å². The van der Waals surface area contributed by atoms with Crippen LogP contribution in [0.3, 0.4) is 0 Å². The second-order valence-corrected chi connectivity index (χ2v) is 26.5. The third-order valence-corrected chi connectivity index (χ3v) is 17.6. The molecule has 19 heteroatoms. The fourth-order valence-corrected chi connectivity index (χ4v) is 12.3. The number of furan rings is 3. The summed E-state index contributed by atoms with van der Waals surface area (Å²) in [6.07, 6.45) is 12.8. The molecule has 0 unspecified atom stereocenters. The van der Waals surface area contributed by atoms with Crippen LogP contribution in [-0.2, 0) is 54.6 Å². The molecule has 3 fully saturated rings. The zero-order valence-electron chi connectivity index (χ0n) is 54.8. The lowest BCUT2D eigenvalue weighted by Crippen LogP contribution is -2.55. The maximum Gasteiger partial charge on any atom is 0.245 e. The first-order chi connectivity index (χ1) is 43.4. The van der Waals surface area contributed by atoms with Gasteiger partial charge in [0, 0.05) is 82.4 Å². The predicted molar refractivity (Wildman–Crippen MR) is 352 cm³/mol. The minimum Gasteiger partial charge on any atom is -0.508 e. The number of phenols is 2. The molecule has 0 bridgehead atoms. The SMILES string of the molecule is CC(C)C(=O)N[C@H](C(=O)N1CCC[C@H]1Cc1coc2ccc(O)cc12)C(C)C.CC(C)C(=O)N[C@H](C(=O)N1CCC[C@H]1Cc1coc2ccc(OCc3ccccc3)cc12)C(C)C.CC(C)[C@H](NC(=O)[C@H](C)N)C(=O)N1CCC[C@H]1Cc1coc2ccc(O)cc12. The Bertz CT molecular complexity index is 3460. The van der Waals surface area contributed by atoms with E-state index in [0.717, 1.165) is 93.9 Å². The first-order valence-electron chi connectivity index (χ1n) is 32.5. The van der Waals surface area contributed by atoms with E-state index in [1.54, 1.807) is 62.1 Å². The van der Waals surface area contributed by atoms with Gasteiger partial charge < -0.3 is 64.6 Å². The number of carbonyl (C=O) groups excluding carboxylic acids is 6. The molecule has 0 spiro atoms. The first kappa shape index (κ1) is 68.6. The lowest BCUT2D eigenvalue weighted by Gasteiger charge is -2.31. The van der Waals surface area contributed by atoms with E-state index in [-0.39, 0.29) is 94.7 Å². The zero-order valence-corrected chi connectivity index (χ0v) is 54.8. The van der Waals surface area contributed by atoms with Crippen LogP contribution in [0.5, 0.6) is 17.2 Å². The van der Waals surface area contributed by atoms with E-state index in [4.69, 9.17) is 23.7 Å². The molecule has 490 valence electrons. The van der Waals surface area contributed by atoms with Crippen LogP contribution >= 0.6 is 0 Å². The molecule has 3 aliphatic rings. The molecule has 0 radical (unpaired) electrons. The molecule has 4 aromatic carbocycles. The highest BCUT2D eigenvalue weighted by molar-refractivity contribution is 5.92. The Morgan fingerprint density at radius 2 is 0.846 bits per heavy atom. The Hall–Kier alpha value is -8.32. The van der Waals surface area contributed by atoms with E-state index < -0.39 is 24.2 Å². The minimum absolute atomic E-state index is 0.0104. The average molecular weight is 1250 g/mol. The van der Waals surface area contributed by atoms with Crippen LogP contribution in [0.15, 0.2) is 117 Å². The minimum atomic E-state index is -0.659. The first-order valence-corrected chi connectivity index (χ1v) is 32.5. The standard InChI is InChI=1S/C29H36N2O4.C22H30N2O4.C21H29N3O4/c1-19(2)27(30-28(32)20(3)4)29(33)31-14-8-11-23(31)15-22-18-35-26-13-12-24(16-25(22)26)34-17-21-9-6-5-7-10-21;1-13(2)20(23-21(26)14(3)4)22(27)24-9-5-6-16(24)10-15-12-28-19-8-7-17(25)11-18(15)19;1-12(2)19(23-20(26)13(3)22)21(27)24-8-4-5-15(24)9-14-11-28-18-7-6-16(25)10-17(14)18/h5-7,9-10,12-13,16,18-20,23,27H,8,11,14-15,17H2,1-4H3,(H,30,32);7-8,11-14,16,20,25H,5-6,9-10H2,1-4H3,(H,23,26);6-7,10-13,15,19,25H,4-5,8-9,22H2,1-3H3,(H,23,26)/t23-,27-;16-,20-;13-,15-,19-/m000/s1. The molecule has 6 heterocycles. The Kier molecular flexibility index (Phi) is 23.5. The number of benzene rings is 4. The van der Waals surface area contributed by atoms with Crippen LogP contribution in [0.4, 0.5) is 0 Å². The number of likely N-dealkylation sites (tertiary alicyclic amines) is 3. The van der Waals surface area contributed by atoms with Crippen LogP contribution in [0.2, 0.25) is 0 Å². The molecule has 10 rings (SSSR count).